The Morgan fingerprint density at radius 3 is 2.66 bits per heavy atom. The van der Waals surface area contributed by atoms with E-state index in [1.807, 2.05) is 35.2 Å². The van der Waals surface area contributed by atoms with Crippen molar-refractivity contribution in [3.63, 3.8) is 0 Å². The zero-order chi connectivity index (χ0) is 23.0. The largest absolute Gasteiger partial charge is 0.491 e. The maximum atomic E-state index is 13.6. The van der Waals surface area contributed by atoms with E-state index in [2.05, 4.69) is 12.1 Å². The molecule has 178 valence electrons. The van der Waals surface area contributed by atoms with Crippen LogP contribution in [0.15, 0.2) is 24.3 Å². The maximum Gasteiger partial charge on any atom is 0.239 e. The van der Waals surface area contributed by atoms with Gasteiger partial charge in [0.15, 0.2) is 0 Å². The number of nitrogens with zero attached hydrogens (tertiary/aromatic N) is 2. The van der Waals surface area contributed by atoms with Crippen molar-refractivity contribution >= 4 is 23.6 Å². The van der Waals surface area contributed by atoms with E-state index in [1.54, 1.807) is 11.8 Å². The number of hydrogen-bond donors (Lipinski definition) is 1. The highest BCUT2D eigenvalue weighted by Crippen LogP contribution is 2.39. The van der Waals surface area contributed by atoms with E-state index in [9.17, 15) is 9.59 Å². The molecule has 3 rings (SSSR count). The zero-order valence-corrected chi connectivity index (χ0v) is 20.5. The quantitative estimate of drug-likeness (QED) is 0.744. The lowest BCUT2D eigenvalue weighted by atomic mass is 9.73. The summed E-state index contributed by atoms with van der Waals surface area (Å²) < 4.78 is 6.04. The molecule has 32 heavy (non-hydrogen) atoms. The van der Waals surface area contributed by atoms with E-state index >= 15 is 0 Å². The fourth-order valence-electron chi connectivity index (χ4n) is 4.93. The number of hydrogen-bond acceptors (Lipinski definition) is 5. The SMILES string of the molecule is CSCC[C@@H](N)C(=O)N1CCC2(CCCCCc3ccccc3OCCN(C)C2=O)CC1. The molecule has 0 aromatic heterocycles. The number of thioether (sulfide) groups is 1. The zero-order valence-electron chi connectivity index (χ0n) is 19.7. The van der Waals surface area contributed by atoms with Crippen molar-refractivity contribution in [2.75, 3.05) is 45.3 Å². The van der Waals surface area contributed by atoms with E-state index in [-0.39, 0.29) is 17.2 Å². The second-order valence-electron chi connectivity index (χ2n) is 9.24. The molecule has 0 bridgehead atoms. The van der Waals surface area contributed by atoms with Crippen LogP contribution in [0.3, 0.4) is 0 Å². The van der Waals surface area contributed by atoms with Crippen LogP contribution < -0.4 is 10.5 Å². The molecule has 1 aromatic carbocycles. The standard InChI is InChI=1S/C25H39N3O3S/c1-27-17-18-31-22-10-6-5-9-20(22)8-4-3-7-12-25(24(27)30)13-15-28(16-14-25)23(29)21(26)11-19-32-2/h5-6,9-10,21H,3-4,7-8,11-19,26H2,1-2H3/t21-/m1/s1. The van der Waals surface area contributed by atoms with Crippen molar-refractivity contribution in [3.05, 3.63) is 29.8 Å². The van der Waals surface area contributed by atoms with Crippen LogP contribution in [0, 0.1) is 5.41 Å². The third kappa shape index (κ3) is 6.19. The molecule has 2 aliphatic heterocycles. The fourth-order valence-corrected chi connectivity index (χ4v) is 5.42. The summed E-state index contributed by atoms with van der Waals surface area (Å²) in [6.45, 7) is 2.29. The van der Waals surface area contributed by atoms with Gasteiger partial charge in [-0.25, -0.2) is 0 Å². The highest BCUT2D eigenvalue weighted by atomic mass is 32.2. The van der Waals surface area contributed by atoms with Crippen molar-refractivity contribution in [3.8, 4) is 5.75 Å². The molecule has 0 unspecified atom stereocenters. The molecule has 2 amide bonds. The lowest BCUT2D eigenvalue weighted by molar-refractivity contribution is -0.148. The maximum absolute atomic E-state index is 13.6. The first-order valence-corrected chi connectivity index (χ1v) is 13.4. The number of carbonyl (C=O) groups is 2. The number of carbonyl (C=O) groups excluding carboxylic acids is 2. The van der Waals surface area contributed by atoms with Crippen molar-refractivity contribution < 1.29 is 14.3 Å². The first kappa shape index (κ1) is 24.9. The number of ether oxygens (including phenoxy) is 1. The van der Waals surface area contributed by atoms with Crippen LogP contribution in [0.25, 0.3) is 0 Å². The number of aryl methyl sites for hydroxylation is 1. The number of nitrogens with two attached hydrogens (primary N) is 1. The van der Waals surface area contributed by atoms with Crippen LogP contribution >= 0.6 is 11.8 Å². The summed E-state index contributed by atoms with van der Waals surface area (Å²) in [5.41, 5.74) is 7.00. The Balaban J connectivity index is 1.65. The molecule has 1 aromatic rings. The molecule has 2 N–H and O–H groups in total. The van der Waals surface area contributed by atoms with Gasteiger partial charge < -0.3 is 20.3 Å². The molecule has 2 aliphatic rings. The van der Waals surface area contributed by atoms with Gasteiger partial charge >= 0.3 is 0 Å². The minimum atomic E-state index is -0.436. The normalized spacial score (nSPS) is 21.0. The van der Waals surface area contributed by atoms with E-state index in [4.69, 9.17) is 10.5 Å². The minimum absolute atomic E-state index is 0.0329. The predicted octanol–water partition coefficient (Wildman–Crippen LogP) is 3.33. The molecule has 7 heteroatoms. The number of rotatable bonds is 4. The number of likely N-dealkylation sites (N-methyl/N-ethyl adjacent to an activating group) is 1. The lowest BCUT2D eigenvalue weighted by Crippen LogP contribution is -2.53. The summed E-state index contributed by atoms with van der Waals surface area (Å²) in [5.74, 6) is 2.06. The van der Waals surface area contributed by atoms with Crippen molar-refractivity contribution in [2.45, 2.75) is 57.4 Å². The van der Waals surface area contributed by atoms with Gasteiger partial charge in [-0.15, -0.1) is 0 Å². The van der Waals surface area contributed by atoms with Gasteiger partial charge in [0.25, 0.3) is 0 Å². The summed E-state index contributed by atoms with van der Waals surface area (Å²) in [4.78, 5) is 30.0. The van der Waals surface area contributed by atoms with Crippen molar-refractivity contribution in [2.24, 2.45) is 11.1 Å². The third-order valence-electron chi connectivity index (χ3n) is 7.04. The topological polar surface area (TPSA) is 75.9 Å². The number of likely N-dealkylation sites (tertiary alicyclic amines) is 1. The Morgan fingerprint density at radius 1 is 1.16 bits per heavy atom. The molecule has 1 saturated heterocycles. The van der Waals surface area contributed by atoms with Gasteiger partial charge in [0, 0.05) is 20.1 Å². The average molecular weight is 462 g/mol. The number of para-hydroxylation sites is 1. The van der Waals surface area contributed by atoms with Crippen LogP contribution in [-0.4, -0.2) is 73.0 Å². The fraction of sp³-hybridized carbons (Fsp3) is 0.680. The van der Waals surface area contributed by atoms with Crippen LogP contribution in [0.4, 0.5) is 0 Å². The molecule has 0 aliphatic carbocycles. The van der Waals surface area contributed by atoms with E-state index < -0.39 is 6.04 Å². The smallest absolute Gasteiger partial charge is 0.239 e. The summed E-state index contributed by atoms with van der Waals surface area (Å²) in [6, 6.07) is 7.79. The number of amides is 2. The molecule has 1 fully saturated rings. The van der Waals surface area contributed by atoms with Crippen molar-refractivity contribution in [1.82, 2.24) is 9.80 Å². The first-order chi connectivity index (χ1) is 15.5. The Kier molecular flexibility index (Phi) is 9.29. The monoisotopic (exact) mass is 461 g/mol. The highest BCUT2D eigenvalue weighted by Gasteiger charge is 2.43. The van der Waals surface area contributed by atoms with Crippen LogP contribution in [-0.2, 0) is 16.0 Å². The Bertz CT molecular complexity index is 765. The van der Waals surface area contributed by atoms with Gasteiger partial charge in [0.2, 0.25) is 11.8 Å². The molecule has 0 saturated carbocycles. The van der Waals surface area contributed by atoms with Gasteiger partial charge in [-0.2, -0.15) is 11.8 Å². The molecule has 1 atom stereocenters. The minimum Gasteiger partial charge on any atom is -0.491 e. The highest BCUT2D eigenvalue weighted by molar-refractivity contribution is 7.98. The van der Waals surface area contributed by atoms with E-state index in [0.717, 1.165) is 56.4 Å². The third-order valence-corrected chi connectivity index (χ3v) is 7.69. The molecule has 1 spiro atoms. The van der Waals surface area contributed by atoms with Crippen LogP contribution in [0.5, 0.6) is 5.75 Å². The Morgan fingerprint density at radius 2 is 1.91 bits per heavy atom. The van der Waals surface area contributed by atoms with Crippen LogP contribution in [0.1, 0.15) is 50.5 Å². The van der Waals surface area contributed by atoms with E-state index in [1.165, 1.54) is 5.56 Å². The van der Waals surface area contributed by atoms with Gasteiger partial charge in [-0.05, 0) is 62.2 Å². The van der Waals surface area contributed by atoms with Gasteiger partial charge in [0.05, 0.1) is 18.0 Å². The first-order valence-electron chi connectivity index (χ1n) is 12.0. The summed E-state index contributed by atoms with van der Waals surface area (Å²) in [6.07, 6.45) is 9.28. The molecule has 0 radical (unpaired) electrons. The summed E-state index contributed by atoms with van der Waals surface area (Å²) >= 11 is 1.71. The van der Waals surface area contributed by atoms with Gasteiger partial charge in [0.1, 0.15) is 12.4 Å². The van der Waals surface area contributed by atoms with Gasteiger partial charge in [-0.3, -0.25) is 9.59 Å². The van der Waals surface area contributed by atoms with Crippen molar-refractivity contribution in [1.29, 1.82) is 0 Å². The molecular weight excluding hydrogens is 422 g/mol. The Labute approximate surface area is 197 Å². The number of benzene rings is 1. The second kappa shape index (κ2) is 11.9. The van der Waals surface area contributed by atoms with Crippen LogP contribution in [0.2, 0.25) is 0 Å². The number of fused-ring (bicyclic) bond motifs is 1. The van der Waals surface area contributed by atoms with E-state index in [0.29, 0.717) is 32.7 Å². The predicted molar refractivity (Wildman–Crippen MR) is 131 cm³/mol. The lowest BCUT2D eigenvalue weighted by Gasteiger charge is -2.43. The summed E-state index contributed by atoms with van der Waals surface area (Å²) in [5, 5.41) is 0. The Hall–Kier alpha value is -1.73. The number of piperidine rings is 1. The molecular formula is C25H39N3O3S. The molecule has 6 nitrogen and oxygen atoms in total. The average Bonchev–Trinajstić information content (AvgIpc) is 2.82. The summed E-state index contributed by atoms with van der Waals surface area (Å²) in [7, 11) is 1.88. The second-order valence-corrected chi connectivity index (χ2v) is 10.2. The van der Waals surface area contributed by atoms with Gasteiger partial charge in [-0.1, -0.05) is 31.0 Å². The molecule has 2 heterocycles.